The molecule has 0 spiro atoms. The summed E-state index contributed by atoms with van der Waals surface area (Å²) in [6.07, 6.45) is 5.92. The molecule has 3 nitrogen and oxygen atoms in total. The molecule has 0 amide bonds. The van der Waals surface area contributed by atoms with Gasteiger partial charge in [0.25, 0.3) is 0 Å². The highest BCUT2D eigenvalue weighted by Crippen LogP contribution is 2.50. The summed E-state index contributed by atoms with van der Waals surface area (Å²) >= 11 is 0. The zero-order valence-corrected chi connectivity index (χ0v) is 12.4. The van der Waals surface area contributed by atoms with E-state index in [1.165, 1.54) is 16.7 Å². The smallest absolute Gasteiger partial charge is 0.134 e. The largest absolute Gasteiger partial charge is 0.497 e. The standard InChI is InChI=1S/C18H17NO2/c1-18(2)15-9-12(20-3)5-4-11(15)8-13-14-10-19-7-6-16(14)21-17(13)18/h4-10,17H,1-3H3. The van der Waals surface area contributed by atoms with Gasteiger partial charge in [0.05, 0.1) is 7.11 Å². The van der Waals surface area contributed by atoms with Gasteiger partial charge in [-0.15, -0.1) is 0 Å². The normalized spacial score (nSPS) is 20.7. The van der Waals surface area contributed by atoms with E-state index in [0.29, 0.717) is 0 Å². The minimum Gasteiger partial charge on any atom is -0.497 e. The van der Waals surface area contributed by atoms with Crippen molar-refractivity contribution in [1.82, 2.24) is 4.98 Å². The van der Waals surface area contributed by atoms with Crippen molar-refractivity contribution in [3.8, 4) is 11.5 Å². The Labute approximate surface area is 124 Å². The van der Waals surface area contributed by atoms with E-state index in [1.54, 1.807) is 13.3 Å². The van der Waals surface area contributed by atoms with Crippen molar-refractivity contribution in [3.05, 3.63) is 53.3 Å². The average molecular weight is 279 g/mol. The van der Waals surface area contributed by atoms with Crippen LogP contribution in [0.5, 0.6) is 11.5 Å². The summed E-state index contributed by atoms with van der Waals surface area (Å²) in [7, 11) is 1.70. The second kappa shape index (κ2) is 4.10. The fourth-order valence-corrected chi connectivity index (χ4v) is 3.38. The van der Waals surface area contributed by atoms with E-state index in [0.717, 1.165) is 17.1 Å². The molecule has 106 valence electrons. The maximum atomic E-state index is 6.21. The summed E-state index contributed by atoms with van der Waals surface area (Å²) in [6.45, 7) is 4.45. The summed E-state index contributed by atoms with van der Waals surface area (Å²) in [5.41, 5.74) is 4.70. The monoisotopic (exact) mass is 279 g/mol. The number of nitrogens with zero attached hydrogens (tertiary/aromatic N) is 1. The fourth-order valence-electron chi connectivity index (χ4n) is 3.38. The van der Waals surface area contributed by atoms with Crippen molar-refractivity contribution in [3.63, 3.8) is 0 Å². The van der Waals surface area contributed by atoms with Gasteiger partial charge < -0.3 is 9.47 Å². The van der Waals surface area contributed by atoms with Gasteiger partial charge in [-0.1, -0.05) is 19.9 Å². The van der Waals surface area contributed by atoms with Crippen molar-refractivity contribution in [2.45, 2.75) is 25.4 Å². The Morgan fingerprint density at radius 1 is 1.24 bits per heavy atom. The zero-order chi connectivity index (χ0) is 14.6. The van der Waals surface area contributed by atoms with Gasteiger partial charge in [0.1, 0.15) is 17.6 Å². The molecule has 0 radical (unpaired) electrons. The van der Waals surface area contributed by atoms with Gasteiger partial charge in [-0.05, 0) is 35.4 Å². The molecule has 0 saturated carbocycles. The van der Waals surface area contributed by atoms with E-state index in [4.69, 9.17) is 9.47 Å². The predicted octanol–water partition coefficient (Wildman–Crippen LogP) is 3.68. The van der Waals surface area contributed by atoms with E-state index in [2.05, 4.69) is 37.0 Å². The van der Waals surface area contributed by atoms with Crippen molar-refractivity contribution in [2.75, 3.05) is 7.11 Å². The quantitative estimate of drug-likeness (QED) is 0.798. The van der Waals surface area contributed by atoms with Crippen LogP contribution in [0.4, 0.5) is 0 Å². The highest BCUT2D eigenvalue weighted by molar-refractivity contribution is 5.92. The molecule has 0 fully saturated rings. The van der Waals surface area contributed by atoms with E-state index in [9.17, 15) is 0 Å². The average Bonchev–Trinajstić information content (AvgIpc) is 2.87. The molecule has 1 aromatic carbocycles. The Morgan fingerprint density at radius 3 is 2.90 bits per heavy atom. The Bertz CT molecular complexity index is 762. The molecule has 0 saturated heterocycles. The molecule has 2 aromatic rings. The topological polar surface area (TPSA) is 31.4 Å². The maximum Gasteiger partial charge on any atom is 0.134 e. The summed E-state index contributed by atoms with van der Waals surface area (Å²) in [4.78, 5) is 4.24. The van der Waals surface area contributed by atoms with Crippen LogP contribution >= 0.6 is 0 Å². The van der Waals surface area contributed by atoms with Crippen LogP contribution in [0.15, 0.2) is 36.7 Å². The molecule has 1 aliphatic carbocycles. The van der Waals surface area contributed by atoms with E-state index < -0.39 is 0 Å². The zero-order valence-electron chi connectivity index (χ0n) is 12.4. The lowest BCUT2D eigenvalue weighted by atomic mass is 9.70. The second-order valence-corrected chi connectivity index (χ2v) is 6.14. The number of benzene rings is 1. The van der Waals surface area contributed by atoms with Gasteiger partial charge in [-0.3, -0.25) is 4.98 Å². The van der Waals surface area contributed by atoms with Crippen LogP contribution in [0.2, 0.25) is 0 Å². The number of hydrogen-bond donors (Lipinski definition) is 0. The van der Waals surface area contributed by atoms with Crippen LogP contribution in [0.3, 0.4) is 0 Å². The summed E-state index contributed by atoms with van der Waals surface area (Å²) in [5.74, 6) is 1.81. The number of ether oxygens (including phenoxy) is 2. The van der Waals surface area contributed by atoms with Gasteiger partial charge in [0, 0.05) is 28.9 Å². The highest BCUT2D eigenvalue weighted by atomic mass is 16.5. The lowest BCUT2D eigenvalue weighted by Crippen LogP contribution is -2.39. The molecule has 3 heteroatoms. The molecule has 1 aliphatic heterocycles. The van der Waals surface area contributed by atoms with Crippen LogP contribution in [0.25, 0.3) is 11.6 Å². The first-order valence-electron chi connectivity index (χ1n) is 7.12. The first-order chi connectivity index (χ1) is 10.1. The van der Waals surface area contributed by atoms with E-state index in [1.807, 2.05) is 18.3 Å². The van der Waals surface area contributed by atoms with Crippen LogP contribution in [-0.2, 0) is 5.41 Å². The van der Waals surface area contributed by atoms with E-state index >= 15 is 0 Å². The van der Waals surface area contributed by atoms with Crippen LogP contribution < -0.4 is 9.47 Å². The lowest BCUT2D eigenvalue weighted by molar-refractivity contribution is 0.190. The molecule has 21 heavy (non-hydrogen) atoms. The molecule has 0 bridgehead atoms. The number of aromatic nitrogens is 1. The molecular formula is C18H17NO2. The fraction of sp³-hybridized carbons (Fsp3) is 0.278. The van der Waals surface area contributed by atoms with Crippen LogP contribution in [-0.4, -0.2) is 18.2 Å². The lowest BCUT2D eigenvalue weighted by Gasteiger charge is -2.37. The van der Waals surface area contributed by atoms with Gasteiger partial charge in [0.2, 0.25) is 0 Å². The molecule has 1 aromatic heterocycles. The molecule has 2 heterocycles. The Balaban J connectivity index is 1.94. The minimum absolute atomic E-state index is 0.0244. The van der Waals surface area contributed by atoms with Crippen LogP contribution in [0, 0.1) is 0 Å². The summed E-state index contributed by atoms with van der Waals surface area (Å²) < 4.78 is 11.6. The van der Waals surface area contributed by atoms with Crippen LogP contribution in [0.1, 0.15) is 30.5 Å². The third kappa shape index (κ3) is 1.63. The van der Waals surface area contributed by atoms with Gasteiger partial charge >= 0.3 is 0 Å². The number of hydrogen-bond acceptors (Lipinski definition) is 3. The SMILES string of the molecule is COc1ccc2c(c1)C(C)(C)C1Oc3ccncc3C1=C2. The number of rotatable bonds is 1. The number of pyridine rings is 1. The van der Waals surface area contributed by atoms with Crippen molar-refractivity contribution >= 4 is 11.6 Å². The summed E-state index contributed by atoms with van der Waals surface area (Å²) in [6, 6.07) is 8.18. The minimum atomic E-state index is -0.118. The predicted molar refractivity (Wildman–Crippen MR) is 82.5 cm³/mol. The molecule has 1 unspecified atom stereocenters. The third-order valence-corrected chi connectivity index (χ3v) is 4.54. The van der Waals surface area contributed by atoms with Gasteiger partial charge in [-0.2, -0.15) is 0 Å². The number of fused-ring (bicyclic) bond motifs is 4. The maximum absolute atomic E-state index is 6.21. The van der Waals surface area contributed by atoms with Gasteiger partial charge in [-0.25, -0.2) is 0 Å². The molecule has 2 aliphatic rings. The Hall–Kier alpha value is -2.29. The molecule has 1 atom stereocenters. The Morgan fingerprint density at radius 2 is 2.10 bits per heavy atom. The van der Waals surface area contributed by atoms with Gasteiger partial charge in [0.15, 0.2) is 0 Å². The second-order valence-electron chi connectivity index (χ2n) is 6.14. The molecular weight excluding hydrogens is 262 g/mol. The Kier molecular flexibility index (Phi) is 2.43. The summed E-state index contributed by atoms with van der Waals surface area (Å²) in [5, 5.41) is 0. The van der Waals surface area contributed by atoms with Crippen molar-refractivity contribution in [2.24, 2.45) is 0 Å². The highest BCUT2D eigenvalue weighted by Gasteiger charge is 2.45. The van der Waals surface area contributed by atoms with E-state index in [-0.39, 0.29) is 11.5 Å². The first kappa shape index (κ1) is 12.5. The van der Waals surface area contributed by atoms with Crippen molar-refractivity contribution < 1.29 is 9.47 Å². The first-order valence-corrected chi connectivity index (χ1v) is 7.12. The van der Waals surface area contributed by atoms with Crippen molar-refractivity contribution in [1.29, 1.82) is 0 Å². The molecule has 0 N–H and O–H groups in total. The number of methoxy groups -OCH3 is 1. The third-order valence-electron chi connectivity index (χ3n) is 4.54. The molecule has 4 rings (SSSR count).